The smallest absolute Gasteiger partial charge is 0.266 e. The number of nitrogens with zero attached hydrogens (tertiary/aromatic N) is 4. The summed E-state index contributed by atoms with van der Waals surface area (Å²) in [5.41, 5.74) is 2.84. The highest BCUT2D eigenvalue weighted by atomic mass is 16.6. The van der Waals surface area contributed by atoms with Crippen LogP contribution < -0.4 is 5.56 Å². The van der Waals surface area contributed by atoms with Crippen molar-refractivity contribution in [2.24, 2.45) is 5.16 Å². The average Bonchev–Trinajstić information content (AvgIpc) is 2.95. The van der Waals surface area contributed by atoms with Crippen LogP contribution >= 0.6 is 0 Å². The first kappa shape index (κ1) is 16.5. The van der Waals surface area contributed by atoms with Crippen LogP contribution in [-0.4, -0.2) is 47.4 Å². The zero-order valence-electron chi connectivity index (χ0n) is 14.8. The zero-order valence-corrected chi connectivity index (χ0v) is 14.8. The van der Waals surface area contributed by atoms with Crippen molar-refractivity contribution in [2.45, 2.75) is 6.42 Å². The number of hydrogen-bond donors (Lipinski definition) is 0. The first-order valence-electron chi connectivity index (χ1n) is 8.63. The molecule has 26 heavy (non-hydrogen) atoms. The van der Waals surface area contributed by atoms with E-state index in [0.717, 1.165) is 24.2 Å². The van der Waals surface area contributed by atoms with Gasteiger partial charge >= 0.3 is 0 Å². The molecule has 3 aromatic rings. The van der Waals surface area contributed by atoms with Gasteiger partial charge in [-0.3, -0.25) is 9.36 Å². The summed E-state index contributed by atoms with van der Waals surface area (Å²) in [6.45, 7) is 1.45. The van der Waals surface area contributed by atoms with E-state index in [-0.39, 0.29) is 5.56 Å². The second kappa shape index (κ2) is 6.72. The van der Waals surface area contributed by atoms with Crippen LogP contribution in [0.25, 0.3) is 16.6 Å². The third kappa shape index (κ3) is 2.78. The summed E-state index contributed by atoms with van der Waals surface area (Å²) >= 11 is 0. The molecule has 6 heteroatoms. The molecule has 0 radical (unpaired) electrons. The van der Waals surface area contributed by atoms with E-state index in [1.54, 1.807) is 10.6 Å². The van der Waals surface area contributed by atoms with Gasteiger partial charge in [0.2, 0.25) is 0 Å². The second-order valence-electron chi connectivity index (χ2n) is 6.54. The summed E-state index contributed by atoms with van der Waals surface area (Å²) in [7, 11) is 4.05. The number of benzene rings is 2. The molecule has 1 aliphatic rings. The predicted molar refractivity (Wildman–Crippen MR) is 102 cm³/mol. The summed E-state index contributed by atoms with van der Waals surface area (Å²) < 4.78 is 1.62. The molecule has 0 saturated carbocycles. The first-order valence-corrected chi connectivity index (χ1v) is 8.63. The Labute approximate surface area is 151 Å². The molecule has 0 unspecified atom stereocenters. The summed E-state index contributed by atoms with van der Waals surface area (Å²) in [6, 6.07) is 15.1. The number of fused-ring (bicyclic) bond motifs is 4. The van der Waals surface area contributed by atoms with Crippen molar-refractivity contribution >= 4 is 16.6 Å². The van der Waals surface area contributed by atoms with E-state index in [2.05, 4.69) is 15.0 Å². The molecular formula is C20H20N4O2. The minimum Gasteiger partial charge on any atom is -0.395 e. The van der Waals surface area contributed by atoms with Crippen molar-refractivity contribution in [1.82, 2.24) is 14.5 Å². The van der Waals surface area contributed by atoms with Crippen LogP contribution in [-0.2, 0) is 4.84 Å². The maximum atomic E-state index is 13.0. The molecule has 0 bridgehead atoms. The van der Waals surface area contributed by atoms with Gasteiger partial charge in [-0.25, -0.2) is 4.98 Å². The van der Waals surface area contributed by atoms with Crippen LogP contribution in [0.5, 0.6) is 0 Å². The molecule has 2 aromatic carbocycles. The minimum absolute atomic E-state index is 0.0872. The Kier molecular flexibility index (Phi) is 4.26. The fourth-order valence-corrected chi connectivity index (χ4v) is 3.15. The lowest BCUT2D eigenvalue weighted by Gasteiger charge is -2.08. The van der Waals surface area contributed by atoms with Gasteiger partial charge in [0.1, 0.15) is 6.61 Å². The maximum absolute atomic E-state index is 13.0. The summed E-state index contributed by atoms with van der Waals surface area (Å²) in [4.78, 5) is 25.3. The topological polar surface area (TPSA) is 59.7 Å². The number of rotatable bonds is 5. The van der Waals surface area contributed by atoms with Crippen molar-refractivity contribution in [3.05, 3.63) is 70.3 Å². The molecule has 4 rings (SSSR count). The molecule has 0 spiro atoms. The quantitative estimate of drug-likeness (QED) is 0.410. The highest BCUT2D eigenvalue weighted by Crippen LogP contribution is 2.26. The highest BCUT2D eigenvalue weighted by molar-refractivity contribution is 6.16. The van der Waals surface area contributed by atoms with E-state index in [9.17, 15) is 4.79 Å². The van der Waals surface area contributed by atoms with E-state index in [4.69, 9.17) is 4.84 Å². The SMILES string of the molecule is CN(C)CCCO/N=C1\c2ccccc2-n2c1nc1ccccc1c2=O. The predicted octanol–water partition coefficient (Wildman–Crippen LogP) is 2.42. The molecule has 0 fully saturated rings. The minimum atomic E-state index is -0.0872. The van der Waals surface area contributed by atoms with Crippen LogP contribution in [0.15, 0.2) is 58.5 Å². The molecule has 0 saturated heterocycles. The fourth-order valence-electron chi connectivity index (χ4n) is 3.15. The number of para-hydroxylation sites is 2. The molecule has 1 aliphatic heterocycles. The van der Waals surface area contributed by atoms with Gasteiger partial charge in [0, 0.05) is 12.1 Å². The van der Waals surface area contributed by atoms with Gasteiger partial charge < -0.3 is 9.74 Å². The standard InChI is InChI=1S/C20H20N4O2/c1-23(2)12-7-13-26-22-18-15-9-4-6-11-17(15)24-19(18)21-16-10-5-3-8-14(16)20(24)25/h3-6,8-11H,7,12-13H2,1-2H3/b22-18+. The molecule has 1 aromatic heterocycles. The van der Waals surface area contributed by atoms with E-state index in [1.165, 1.54) is 0 Å². The Morgan fingerprint density at radius 3 is 2.73 bits per heavy atom. The highest BCUT2D eigenvalue weighted by Gasteiger charge is 2.28. The molecule has 0 aliphatic carbocycles. The maximum Gasteiger partial charge on any atom is 0.266 e. The normalized spacial score (nSPS) is 14.0. The van der Waals surface area contributed by atoms with Crippen molar-refractivity contribution in [1.29, 1.82) is 0 Å². The van der Waals surface area contributed by atoms with E-state index < -0.39 is 0 Å². The van der Waals surface area contributed by atoms with Crippen molar-refractivity contribution in [3.8, 4) is 5.69 Å². The lowest BCUT2D eigenvalue weighted by atomic mass is 10.1. The summed E-state index contributed by atoms with van der Waals surface area (Å²) in [6.07, 6.45) is 0.878. The average molecular weight is 348 g/mol. The first-order chi connectivity index (χ1) is 12.7. The Balaban J connectivity index is 1.79. The number of aromatic nitrogens is 2. The lowest BCUT2D eigenvalue weighted by molar-refractivity contribution is 0.135. The Bertz CT molecular complexity index is 1050. The van der Waals surface area contributed by atoms with Crippen molar-refractivity contribution in [2.75, 3.05) is 27.2 Å². The number of hydrogen-bond acceptors (Lipinski definition) is 5. The second-order valence-corrected chi connectivity index (χ2v) is 6.54. The zero-order chi connectivity index (χ0) is 18.1. The van der Waals surface area contributed by atoms with Crippen LogP contribution in [0.1, 0.15) is 17.8 Å². The number of oxime groups is 1. The van der Waals surface area contributed by atoms with Gasteiger partial charge in [-0.2, -0.15) is 0 Å². The molecule has 6 nitrogen and oxygen atoms in total. The van der Waals surface area contributed by atoms with Crippen LogP contribution in [0.4, 0.5) is 0 Å². The molecule has 132 valence electrons. The fraction of sp³-hybridized carbons (Fsp3) is 0.250. The third-order valence-electron chi connectivity index (χ3n) is 4.38. The molecule has 2 heterocycles. The van der Waals surface area contributed by atoms with Crippen LogP contribution in [0.2, 0.25) is 0 Å². The monoisotopic (exact) mass is 348 g/mol. The van der Waals surface area contributed by atoms with Crippen LogP contribution in [0, 0.1) is 0 Å². The van der Waals surface area contributed by atoms with E-state index in [1.807, 2.05) is 56.6 Å². The Hall–Kier alpha value is -2.99. The van der Waals surface area contributed by atoms with Gasteiger partial charge in [-0.05, 0) is 38.7 Å². The lowest BCUT2D eigenvalue weighted by Crippen LogP contribution is -2.21. The van der Waals surface area contributed by atoms with Gasteiger partial charge in [-0.1, -0.05) is 35.5 Å². The van der Waals surface area contributed by atoms with Gasteiger partial charge in [-0.15, -0.1) is 0 Å². The largest absolute Gasteiger partial charge is 0.395 e. The van der Waals surface area contributed by atoms with Gasteiger partial charge in [0.15, 0.2) is 11.5 Å². The Morgan fingerprint density at radius 1 is 1.12 bits per heavy atom. The van der Waals surface area contributed by atoms with Gasteiger partial charge in [0.25, 0.3) is 5.56 Å². The van der Waals surface area contributed by atoms with Crippen LogP contribution in [0.3, 0.4) is 0 Å². The molecular weight excluding hydrogens is 328 g/mol. The van der Waals surface area contributed by atoms with E-state index in [0.29, 0.717) is 29.0 Å². The van der Waals surface area contributed by atoms with E-state index >= 15 is 0 Å². The Morgan fingerprint density at radius 2 is 1.88 bits per heavy atom. The van der Waals surface area contributed by atoms with Crippen molar-refractivity contribution < 1.29 is 4.84 Å². The molecule has 0 N–H and O–H groups in total. The summed E-state index contributed by atoms with van der Waals surface area (Å²) in [5, 5.41) is 4.92. The third-order valence-corrected chi connectivity index (χ3v) is 4.38. The summed E-state index contributed by atoms with van der Waals surface area (Å²) in [5.74, 6) is 0.530. The van der Waals surface area contributed by atoms with Gasteiger partial charge in [0.05, 0.1) is 16.6 Å². The van der Waals surface area contributed by atoms with Crippen molar-refractivity contribution in [3.63, 3.8) is 0 Å². The molecule has 0 amide bonds. The molecule has 0 atom stereocenters.